The van der Waals surface area contributed by atoms with Gasteiger partial charge in [-0.25, -0.2) is 0 Å². The van der Waals surface area contributed by atoms with Crippen molar-refractivity contribution < 1.29 is 9.47 Å². The van der Waals surface area contributed by atoms with Gasteiger partial charge in [0.25, 0.3) is 0 Å². The second-order valence-electron chi connectivity index (χ2n) is 6.39. The highest BCUT2D eigenvalue weighted by molar-refractivity contribution is 6.31. The quantitative estimate of drug-likeness (QED) is 0.453. The molecule has 1 saturated carbocycles. The topological polar surface area (TPSA) is 58.1 Å². The number of nitrogens with one attached hydrogen (secondary N) is 2. The maximum Gasteiger partial charge on any atom is 0.191 e. The van der Waals surface area contributed by atoms with Crippen LogP contribution in [0.4, 0.5) is 0 Å². The van der Waals surface area contributed by atoms with Crippen LogP contribution < -0.4 is 15.4 Å². The van der Waals surface area contributed by atoms with Crippen molar-refractivity contribution in [3.63, 3.8) is 0 Å². The normalized spacial score (nSPS) is 14.6. The van der Waals surface area contributed by atoms with E-state index in [2.05, 4.69) is 20.5 Å². The molecule has 0 bridgehead atoms. The number of hydrogen-bond acceptors (Lipinski definition) is 4. The molecule has 0 heterocycles. The Balaban J connectivity index is 1.69. The summed E-state index contributed by atoms with van der Waals surface area (Å²) in [4.78, 5) is 6.77. The largest absolute Gasteiger partial charge is 0.497 e. The smallest absolute Gasteiger partial charge is 0.191 e. The summed E-state index contributed by atoms with van der Waals surface area (Å²) in [6.45, 7) is 4.40. The molecule has 2 N–H and O–H groups in total. The van der Waals surface area contributed by atoms with E-state index in [1.54, 1.807) is 21.3 Å². The van der Waals surface area contributed by atoms with Gasteiger partial charge in [0.2, 0.25) is 0 Å². The lowest BCUT2D eigenvalue weighted by Crippen LogP contribution is -2.43. The van der Waals surface area contributed by atoms with Gasteiger partial charge in [-0.2, -0.15) is 0 Å². The Kier molecular flexibility index (Phi) is 9.01. The summed E-state index contributed by atoms with van der Waals surface area (Å²) in [6.07, 6.45) is 3.43. The van der Waals surface area contributed by atoms with Gasteiger partial charge >= 0.3 is 0 Å². The van der Waals surface area contributed by atoms with E-state index in [-0.39, 0.29) is 0 Å². The van der Waals surface area contributed by atoms with Gasteiger partial charge in [0.1, 0.15) is 5.75 Å². The van der Waals surface area contributed by atoms with Crippen molar-refractivity contribution in [1.82, 2.24) is 15.5 Å². The minimum Gasteiger partial charge on any atom is -0.497 e. The molecule has 0 radical (unpaired) electrons. The number of ether oxygens (including phenoxy) is 2. The second-order valence-corrected chi connectivity index (χ2v) is 6.80. The first-order valence-electron chi connectivity index (χ1n) is 9.17. The number of methoxy groups -OCH3 is 2. The summed E-state index contributed by atoms with van der Waals surface area (Å²) in [7, 11) is 5.19. The average Bonchev–Trinajstić information content (AvgIpc) is 3.49. The van der Waals surface area contributed by atoms with E-state index < -0.39 is 0 Å². The summed E-state index contributed by atoms with van der Waals surface area (Å²) in [5, 5.41) is 7.45. The van der Waals surface area contributed by atoms with Crippen LogP contribution in [0.25, 0.3) is 0 Å². The molecule has 7 heteroatoms. The van der Waals surface area contributed by atoms with Crippen molar-refractivity contribution in [3.05, 3.63) is 28.8 Å². The number of aliphatic imine (C=N–C) groups is 1. The molecule has 0 unspecified atom stereocenters. The zero-order chi connectivity index (χ0) is 18.8. The van der Waals surface area contributed by atoms with Gasteiger partial charge in [0.15, 0.2) is 5.96 Å². The van der Waals surface area contributed by atoms with Crippen LogP contribution in [0.15, 0.2) is 23.2 Å². The van der Waals surface area contributed by atoms with Crippen molar-refractivity contribution in [3.8, 4) is 5.75 Å². The van der Waals surface area contributed by atoms with Crippen LogP contribution >= 0.6 is 11.6 Å². The van der Waals surface area contributed by atoms with Gasteiger partial charge in [0.05, 0.1) is 13.7 Å². The lowest BCUT2D eigenvalue weighted by atomic mass is 10.1. The van der Waals surface area contributed by atoms with E-state index in [9.17, 15) is 0 Å². The molecule has 1 aliphatic carbocycles. The van der Waals surface area contributed by atoms with E-state index in [1.165, 1.54) is 12.8 Å². The third kappa shape index (κ3) is 7.02. The van der Waals surface area contributed by atoms with Gasteiger partial charge in [-0.1, -0.05) is 17.7 Å². The SMILES string of the molecule is CN=C(NCCc1ccc(OC)cc1Cl)NCCN(CCOC)C1CC1. The molecule has 0 amide bonds. The van der Waals surface area contributed by atoms with Gasteiger partial charge < -0.3 is 20.1 Å². The molecule has 1 aromatic rings. The summed E-state index contributed by atoms with van der Waals surface area (Å²) in [5.41, 5.74) is 1.09. The number of rotatable bonds is 11. The molecule has 1 aromatic carbocycles. The van der Waals surface area contributed by atoms with Crippen LogP contribution in [0.1, 0.15) is 18.4 Å². The maximum absolute atomic E-state index is 6.28. The highest BCUT2D eigenvalue weighted by atomic mass is 35.5. The lowest BCUT2D eigenvalue weighted by molar-refractivity contribution is 0.144. The third-order valence-electron chi connectivity index (χ3n) is 4.51. The lowest BCUT2D eigenvalue weighted by Gasteiger charge is -2.22. The van der Waals surface area contributed by atoms with E-state index in [0.717, 1.165) is 67.5 Å². The Labute approximate surface area is 161 Å². The molecule has 2 rings (SSSR count). The molecular formula is C19H31ClN4O2. The second kappa shape index (κ2) is 11.3. The van der Waals surface area contributed by atoms with Crippen LogP contribution in [0.5, 0.6) is 5.75 Å². The monoisotopic (exact) mass is 382 g/mol. The summed E-state index contributed by atoms with van der Waals surface area (Å²) in [5.74, 6) is 1.59. The summed E-state index contributed by atoms with van der Waals surface area (Å²) < 4.78 is 10.4. The van der Waals surface area contributed by atoms with Crippen LogP contribution in [-0.4, -0.2) is 71.0 Å². The fourth-order valence-electron chi connectivity index (χ4n) is 2.84. The van der Waals surface area contributed by atoms with E-state index >= 15 is 0 Å². The Bertz CT molecular complexity index is 579. The molecule has 146 valence electrons. The molecule has 0 spiro atoms. The fourth-order valence-corrected chi connectivity index (χ4v) is 3.10. The predicted octanol–water partition coefficient (Wildman–Crippen LogP) is 2.17. The number of nitrogens with zero attached hydrogens (tertiary/aromatic N) is 2. The van der Waals surface area contributed by atoms with Gasteiger partial charge in [0, 0.05) is 51.4 Å². The third-order valence-corrected chi connectivity index (χ3v) is 4.86. The number of benzene rings is 1. The van der Waals surface area contributed by atoms with Crippen LogP contribution in [0.3, 0.4) is 0 Å². The van der Waals surface area contributed by atoms with Crippen LogP contribution in [0, 0.1) is 0 Å². The van der Waals surface area contributed by atoms with E-state index in [1.807, 2.05) is 18.2 Å². The van der Waals surface area contributed by atoms with Crippen molar-refractivity contribution in [2.24, 2.45) is 4.99 Å². The van der Waals surface area contributed by atoms with Crippen molar-refractivity contribution in [2.45, 2.75) is 25.3 Å². The predicted molar refractivity (Wildman–Crippen MR) is 108 cm³/mol. The number of hydrogen-bond donors (Lipinski definition) is 2. The van der Waals surface area contributed by atoms with E-state index in [0.29, 0.717) is 0 Å². The Morgan fingerprint density at radius 1 is 1.23 bits per heavy atom. The van der Waals surface area contributed by atoms with Gasteiger partial charge in [-0.05, 0) is 37.0 Å². The minimum absolute atomic E-state index is 0.729. The van der Waals surface area contributed by atoms with Crippen molar-refractivity contribution >= 4 is 17.6 Å². The molecule has 6 nitrogen and oxygen atoms in total. The van der Waals surface area contributed by atoms with Crippen molar-refractivity contribution in [2.75, 3.05) is 54.1 Å². The fraction of sp³-hybridized carbons (Fsp3) is 0.632. The molecular weight excluding hydrogens is 352 g/mol. The Morgan fingerprint density at radius 3 is 2.62 bits per heavy atom. The molecule has 0 aliphatic heterocycles. The maximum atomic E-state index is 6.28. The molecule has 0 atom stereocenters. The van der Waals surface area contributed by atoms with Gasteiger partial charge in [-0.15, -0.1) is 0 Å². The minimum atomic E-state index is 0.729. The highest BCUT2D eigenvalue weighted by Gasteiger charge is 2.28. The number of halogens is 1. The molecule has 26 heavy (non-hydrogen) atoms. The first-order valence-corrected chi connectivity index (χ1v) is 9.55. The zero-order valence-electron chi connectivity index (χ0n) is 16.1. The summed E-state index contributed by atoms with van der Waals surface area (Å²) in [6, 6.07) is 6.51. The van der Waals surface area contributed by atoms with Crippen LogP contribution in [-0.2, 0) is 11.2 Å². The molecule has 0 saturated heterocycles. The number of guanidine groups is 1. The Morgan fingerprint density at radius 2 is 2.00 bits per heavy atom. The van der Waals surface area contributed by atoms with Gasteiger partial charge in [-0.3, -0.25) is 9.89 Å². The average molecular weight is 383 g/mol. The van der Waals surface area contributed by atoms with Crippen LogP contribution in [0.2, 0.25) is 5.02 Å². The molecule has 0 aromatic heterocycles. The standard InChI is InChI=1S/C19H31ClN4O2/c1-21-19(23-10-11-24(12-13-25-2)16-5-6-16)22-9-8-15-4-7-17(26-3)14-18(15)20/h4,7,14,16H,5-6,8-13H2,1-3H3,(H2,21,22,23). The van der Waals surface area contributed by atoms with E-state index in [4.69, 9.17) is 21.1 Å². The molecule has 1 fully saturated rings. The summed E-state index contributed by atoms with van der Waals surface area (Å²) >= 11 is 6.28. The first kappa shape index (κ1) is 20.8. The Hall–Kier alpha value is -1.50. The molecule has 1 aliphatic rings. The first-order chi connectivity index (χ1) is 12.7. The van der Waals surface area contributed by atoms with Crippen molar-refractivity contribution in [1.29, 1.82) is 0 Å². The highest BCUT2D eigenvalue weighted by Crippen LogP contribution is 2.26. The zero-order valence-corrected chi connectivity index (χ0v) is 16.8.